The van der Waals surface area contributed by atoms with Crippen LogP contribution in [0.1, 0.15) is 12.5 Å². The summed E-state index contributed by atoms with van der Waals surface area (Å²) in [4.78, 5) is 6.15. The minimum absolute atomic E-state index is 0.0109. The molecule has 0 aliphatic carbocycles. The van der Waals surface area contributed by atoms with E-state index in [0.717, 1.165) is 5.56 Å². The third-order valence-electron chi connectivity index (χ3n) is 2.27. The van der Waals surface area contributed by atoms with Gasteiger partial charge in [0.2, 0.25) is 0 Å². The Morgan fingerprint density at radius 2 is 2.33 bits per heavy atom. The number of halogens is 1. The Bertz CT molecular complexity index is 356. The molecule has 82 valence electrons. The zero-order valence-corrected chi connectivity index (χ0v) is 9.59. The van der Waals surface area contributed by atoms with E-state index in [1.807, 2.05) is 18.9 Å². The predicted molar refractivity (Wildman–Crippen MR) is 61.9 cm³/mol. The lowest BCUT2D eigenvalue weighted by molar-refractivity contribution is 0.303. The fourth-order valence-electron chi connectivity index (χ4n) is 1.18. The molecular weight excluding hydrogens is 213 g/mol. The van der Waals surface area contributed by atoms with Gasteiger partial charge in [-0.2, -0.15) is 0 Å². The van der Waals surface area contributed by atoms with Gasteiger partial charge in [0.05, 0.1) is 17.2 Å². The van der Waals surface area contributed by atoms with Crippen molar-refractivity contribution in [3.63, 3.8) is 0 Å². The summed E-state index contributed by atoms with van der Waals surface area (Å²) in [6.45, 7) is 2.48. The number of pyridine rings is 1. The largest absolute Gasteiger partial charge is 0.392 e. The van der Waals surface area contributed by atoms with Crippen molar-refractivity contribution >= 4 is 17.2 Å². The Morgan fingerprint density at radius 3 is 2.87 bits per heavy atom. The standard InChI is InChI=1S/C10H14FN3S/c1-7(10(12)15)14(2)6-8-3-9(11)5-13-4-8/h3-5,7H,6H2,1-2H3,(H2,12,15). The first-order chi connectivity index (χ1) is 7.00. The molecule has 0 saturated carbocycles. The second kappa shape index (κ2) is 5.14. The maximum Gasteiger partial charge on any atom is 0.141 e. The Kier molecular flexibility index (Phi) is 4.11. The second-order valence-electron chi connectivity index (χ2n) is 3.50. The highest BCUT2D eigenvalue weighted by Gasteiger charge is 2.12. The summed E-state index contributed by atoms with van der Waals surface area (Å²) in [5, 5.41) is 0. The summed E-state index contributed by atoms with van der Waals surface area (Å²) in [6.07, 6.45) is 2.81. The number of likely N-dealkylation sites (N-methyl/N-ethyl adjacent to an activating group) is 1. The lowest BCUT2D eigenvalue weighted by atomic mass is 10.2. The molecule has 0 spiro atoms. The zero-order chi connectivity index (χ0) is 11.4. The third kappa shape index (κ3) is 3.53. The molecule has 5 heteroatoms. The highest BCUT2D eigenvalue weighted by atomic mass is 32.1. The van der Waals surface area contributed by atoms with Crippen LogP contribution >= 0.6 is 12.2 Å². The van der Waals surface area contributed by atoms with Crippen molar-refractivity contribution in [2.24, 2.45) is 5.73 Å². The van der Waals surface area contributed by atoms with Crippen molar-refractivity contribution < 1.29 is 4.39 Å². The van der Waals surface area contributed by atoms with Crippen molar-refractivity contribution in [2.75, 3.05) is 7.05 Å². The first kappa shape index (κ1) is 12.0. The average Bonchev–Trinajstić information content (AvgIpc) is 2.16. The van der Waals surface area contributed by atoms with E-state index >= 15 is 0 Å². The highest BCUT2D eigenvalue weighted by Crippen LogP contribution is 2.06. The van der Waals surface area contributed by atoms with Crippen LogP contribution < -0.4 is 5.73 Å². The van der Waals surface area contributed by atoms with Gasteiger partial charge >= 0.3 is 0 Å². The van der Waals surface area contributed by atoms with Crippen molar-refractivity contribution in [1.82, 2.24) is 9.88 Å². The second-order valence-corrected chi connectivity index (χ2v) is 3.98. The first-order valence-electron chi connectivity index (χ1n) is 4.59. The van der Waals surface area contributed by atoms with Gasteiger partial charge in [0, 0.05) is 12.7 Å². The van der Waals surface area contributed by atoms with Crippen LogP contribution in [0.5, 0.6) is 0 Å². The van der Waals surface area contributed by atoms with Crippen LogP contribution in [0.3, 0.4) is 0 Å². The summed E-state index contributed by atoms with van der Waals surface area (Å²) in [5.74, 6) is -0.330. The van der Waals surface area contributed by atoms with Gasteiger partial charge < -0.3 is 5.73 Å². The van der Waals surface area contributed by atoms with E-state index in [2.05, 4.69) is 4.98 Å². The van der Waals surface area contributed by atoms with E-state index in [4.69, 9.17) is 18.0 Å². The molecular formula is C10H14FN3S. The molecule has 15 heavy (non-hydrogen) atoms. The molecule has 1 heterocycles. The number of nitrogens with zero attached hydrogens (tertiary/aromatic N) is 2. The van der Waals surface area contributed by atoms with E-state index in [0.29, 0.717) is 11.5 Å². The molecule has 0 bridgehead atoms. The minimum Gasteiger partial charge on any atom is -0.392 e. The fraction of sp³-hybridized carbons (Fsp3) is 0.400. The van der Waals surface area contributed by atoms with Crippen LogP contribution in [-0.4, -0.2) is 28.0 Å². The van der Waals surface area contributed by atoms with Gasteiger partial charge in [0.25, 0.3) is 0 Å². The molecule has 3 nitrogen and oxygen atoms in total. The Hall–Kier alpha value is -1.07. The molecule has 0 fully saturated rings. The lowest BCUT2D eigenvalue weighted by Gasteiger charge is -2.23. The molecule has 0 aliphatic rings. The van der Waals surface area contributed by atoms with Crippen LogP contribution in [0.2, 0.25) is 0 Å². The van der Waals surface area contributed by atoms with E-state index in [9.17, 15) is 4.39 Å². The topological polar surface area (TPSA) is 42.1 Å². The summed E-state index contributed by atoms with van der Waals surface area (Å²) >= 11 is 4.88. The minimum atomic E-state index is -0.330. The van der Waals surface area contributed by atoms with E-state index in [1.54, 1.807) is 6.20 Å². The smallest absolute Gasteiger partial charge is 0.141 e. The Labute approximate surface area is 94.1 Å². The average molecular weight is 227 g/mol. The van der Waals surface area contributed by atoms with Gasteiger partial charge in [-0.15, -0.1) is 0 Å². The Balaban J connectivity index is 2.66. The predicted octanol–water partition coefficient (Wildman–Crippen LogP) is 1.33. The summed E-state index contributed by atoms with van der Waals surface area (Å²) in [7, 11) is 1.88. The molecule has 1 unspecified atom stereocenters. The molecule has 2 N–H and O–H groups in total. The third-order valence-corrected chi connectivity index (χ3v) is 2.61. The van der Waals surface area contributed by atoms with Crippen LogP contribution in [-0.2, 0) is 6.54 Å². The maximum atomic E-state index is 12.8. The molecule has 0 aromatic carbocycles. The quantitative estimate of drug-likeness (QED) is 0.788. The van der Waals surface area contributed by atoms with Crippen molar-refractivity contribution in [3.05, 3.63) is 29.8 Å². The Morgan fingerprint density at radius 1 is 1.67 bits per heavy atom. The number of nitrogens with two attached hydrogens (primary N) is 1. The number of hydrogen-bond donors (Lipinski definition) is 1. The monoisotopic (exact) mass is 227 g/mol. The van der Waals surface area contributed by atoms with E-state index in [-0.39, 0.29) is 11.9 Å². The lowest BCUT2D eigenvalue weighted by Crippen LogP contribution is -2.38. The van der Waals surface area contributed by atoms with Gasteiger partial charge in [0.15, 0.2) is 0 Å². The van der Waals surface area contributed by atoms with Gasteiger partial charge in [-0.25, -0.2) is 4.39 Å². The number of thiocarbonyl (C=S) groups is 1. The van der Waals surface area contributed by atoms with Crippen LogP contribution in [0, 0.1) is 5.82 Å². The molecule has 0 saturated heterocycles. The van der Waals surface area contributed by atoms with Gasteiger partial charge in [0.1, 0.15) is 5.82 Å². The van der Waals surface area contributed by atoms with Gasteiger partial charge in [-0.05, 0) is 25.6 Å². The van der Waals surface area contributed by atoms with Crippen molar-refractivity contribution in [2.45, 2.75) is 19.5 Å². The maximum absolute atomic E-state index is 12.8. The molecule has 1 rings (SSSR count). The molecule has 0 amide bonds. The van der Waals surface area contributed by atoms with Crippen LogP contribution in [0.25, 0.3) is 0 Å². The molecule has 1 aromatic rings. The first-order valence-corrected chi connectivity index (χ1v) is 5.00. The molecule has 0 aliphatic heterocycles. The van der Waals surface area contributed by atoms with E-state index in [1.165, 1.54) is 12.3 Å². The summed E-state index contributed by atoms with van der Waals surface area (Å²) in [5.41, 5.74) is 6.33. The highest BCUT2D eigenvalue weighted by molar-refractivity contribution is 7.80. The zero-order valence-electron chi connectivity index (χ0n) is 8.77. The SMILES string of the molecule is CC(C(N)=S)N(C)Cc1cncc(F)c1. The fourth-order valence-corrected chi connectivity index (χ4v) is 1.36. The molecule has 1 atom stereocenters. The molecule has 0 radical (unpaired) electrons. The van der Waals surface area contributed by atoms with Crippen molar-refractivity contribution in [1.29, 1.82) is 0 Å². The van der Waals surface area contributed by atoms with Crippen LogP contribution in [0.15, 0.2) is 18.5 Å². The van der Waals surface area contributed by atoms with E-state index < -0.39 is 0 Å². The number of rotatable bonds is 4. The number of hydrogen-bond acceptors (Lipinski definition) is 3. The number of aromatic nitrogens is 1. The van der Waals surface area contributed by atoms with Crippen molar-refractivity contribution in [3.8, 4) is 0 Å². The summed E-state index contributed by atoms with van der Waals surface area (Å²) in [6, 6.07) is 1.44. The summed E-state index contributed by atoms with van der Waals surface area (Å²) < 4.78 is 12.8. The van der Waals surface area contributed by atoms with Crippen LogP contribution in [0.4, 0.5) is 4.39 Å². The van der Waals surface area contributed by atoms with Gasteiger partial charge in [-0.3, -0.25) is 9.88 Å². The normalized spacial score (nSPS) is 12.8. The molecule has 1 aromatic heterocycles. The van der Waals surface area contributed by atoms with Gasteiger partial charge in [-0.1, -0.05) is 12.2 Å².